The molecule has 6 heteroatoms. The highest BCUT2D eigenvalue weighted by Crippen LogP contribution is 2.33. The Morgan fingerprint density at radius 1 is 1.20 bits per heavy atom. The van der Waals surface area contributed by atoms with Gasteiger partial charge in [0.05, 0.1) is 9.77 Å². The van der Waals surface area contributed by atoms with Gasteiger partial charge in [0.25, 0.3) is 0 Å². The maximum atomic E-state index is 12.5. The van der Waals surface area contributed by atoms with Crippen molar-refractivity contribution in [3.63, 3.8) is 0 Å². The first-order valence-electron chi connectivity index (χ1n) is 5.69. The summed E-state index contributed by atoms with van der Waals surface area (Å²) in [5.41, 5.74) is 0.0755. The molecule has 1 aromatic heterocycles. The number of alkyl halides is 3. The Bertz CT molecular complexity index is 627. The molecule has 2 aromatic rings. The zero-order valence-electron chi connectivity index (χ0n) is 10.7. The zero-order valence-corrected chi connectivity index (χ0v) is 12.4. The Morgan fingerprint density at radius 3 is 2.30 bits per heavy atom. The SMILES string of the molecule is CSc1sc(C)cc1C(=O)c1ccc(C(F)(F)F)cc1. The molecule has 1 heterocycles. The van der Waals surface area contributed by atoms with Crippen LogP contribution in [-0.2, 0) is 6.18 Å². The average Bonchev–Trinajstić information content (AvgIpc) is 2.78. The van der Waals surface area contributed by atoms with Gasteiger partial charge in [-0.2, -0.15) is 13.2 Å². The Kier molecular flexibility index (Phi) is 4.25. The number of thiophene rings is 1. The number of ketones is 1. The van der Waals surface area contributed by atoms with Gasteiger partial charge in [-0.05, 0) is 31.4 Å². The number of rotatable bonds is 3. The summed E-state index contributed by atoms with van der Waals surface area (Å²) in [7, 11) is 0. The summed E-state index contributed by atoms with van der Waals surface area (Å²) in [4.78, 5) is 13.3. The molecule has 0 amide bonds. The third-order valence-corrected chi connectivity index (χ3v) is 4.91. The first kappa shape index (κ1) is 15.1. The van der Waals surface area contributed by atoms with Crippen LogP contribution in [0.15, 0.2) is 34.5 Å². The van der Waals surface area contributed by atoms with Crippen LogP contribution in [0.3, 0.4) is 0 Å². The molecule has 20 heavy (non-hydrogen) atoms. The molecule has 0 radical (unpaired) electrons. The largest absolute Gasteiger partial charge is 0.416 e. The van der Waals surface area contributed by atoms with Gasteiger partial charge in [-0.1, -0.05) is 12.1 Å². The molecule has 0 aliphatic carbocycles. The van der Waals surface area contributed by atoms with E-state index in [1.54, 1.807) is 6.07 Å². The summed E-state index contributed by atoms with van der Waals surface area (Å²) in [5.74, 6) is -0.243. The summed E-state index contributed by atoms with van der Waals surface area (Å²) in [5, 5.41) is 0. The van der Waals surface area contributed by atoms with Gasteiger partial charge in [-0.25, -0.2) is 0 Å². The topological polar surface area (TPSA) is 17.1 Å². The Hall–Kier alpha value is -1.27. The predicted molar refractivity (Wildman–Crippen MR) is 75.7 cm³/mol. The minimum Gasteiger partial charge on any atom is -0.289 e. The van der Waals surface area contributed by atoms with Crippen LogP contribution in [0.5, 0.6) is 0 Å². The van der Waals surface area contributed by atoms with Crippen molar-refractivity contribution in [3.8, 4) is 0 Å². The van der Waals surface area contributed by atoms with Crippen molar-refractivity contribution in [2.24, 2.45) is 0 Å². The summed E-state index contributed by atoms with van der Waals surface area (Å²) < 4.78 is 38.3. The fourth-order valence-electron chi connectivity index (χ4n) is 1.77. The van der Waals surface area contributed by atoms with Crippen LogP contribution in [0.1, 0.15) is 26.4 Å². The second-order valence-electron chi connectivity index (χ2n) is 4.17. The lowest BCUT2D eigenvalue weighted by Crippen LogP contribution is -2.06. The molecule has 2 rings (SSSR count). The van der Waals surface area contributed by atoms with Crippen LogP contribution in [0.2, 0.25) is 0 Å². The van der Waals surface area contributed by atoms with Gasteiger partial charge in [-0.15, -0.1) is 23.1 Å². The van der Waals surface area contributed by atoms with E-state index in [0.29, 0.717) is 5.56 Å². The van der Waals surface area contributed by atoms with Crippen molar-refractivity contribution in [1.29, 1.82) is 0 Å². The number of aryl methyl sites for hydroxylation is 1. The fourth-order valence-corrected chi connectivity index (χ4v) is 3.60. The Balaban J connectivity index is 2.34. The molecule has 0 aliphatic rings. The van der Waals surface area contributed by atoms with Crippen molar-refractivity contribution in [3.05, 3.63) is 51.9 Å². The zero-order chi connectivity index (χ0) is 14.9. The molecule has 0 bridgehead atoms. The number of halogens is 3. The molecule has 1 nitrogen and oxygen atoms in total. The van der Waals surface area contributed by atoms with Gasteiger partial charge in [0.15, 0.2) is 5.78 Å². The Morgan fingerprint density at radius 2 is 1.80 bits per heavy atom. The molecule has 0 aliphatic heterocycles. The predicted octanol–water partition coefficient (Wildman–Crippen LogP) is 5.03. The van der Waals surface area contributed by atoms with Crippen LogP contribution < -0.4 is 0 Å². The van der Waals surface area contributed by atoms with E-state index >= 15 is 0 Å². The van der Waals surface area contributed by atoms with E-state index in [4.69, 9.17) is 0 Å². The third kappa shape index (κ3) is 3.07. The molecule has 0 spiro atoms. The lowest BCUT2D eigenvalue weighted by Gasteiger charge is -2.07. The van der Waals surface area contributed by atoms with E-state index in [1.807, 2.05) is 13.2 Å². The van der Waals surface area contributed by atoms with Crippen molar-refractivity contribution in [2.45, 2.75) is 17.3 Å². The van der Waals surface area contributed by atoms with Crippen LogP contribution in [-0.4, -0.2) is 12.0 Å². The van der Waals surface area contributed by atoms with Crippen molar-refractivity contribution < 1.29 is 18.0 Å². The van der Waals surface area contributed by atoms with E-state index in [1.165, 1.54) is 35.2 Å². The van der Waals surface area contributed by atoms with E-state index in [9.17, 15) is 18.0 Å². The van der Waals surface area contributed by atoms with Crippen molar-refractivity contribution in [1.82, 2.24) is 0 Å². The Labute approximate surface area is 122 Å². The molecule has 0 atom stereocenters. The quantitative estimate of drug-likeness (QED) is 0.583. The first-order chi connectivity index (χ1) is 9.32. The molecule has 0 saturated carbocycles. The average molecular weight is 316 g/mol. The number of benzene rings is 1. The maximum absolute atomic E-state index is 12.5. The van der Waals surface area contributed by atoms with Crippen LogP contribution in [0, 0.1) is 6.92 Å². The second-order valence-corrected chi connectivity index (χ2v) is 6.50. The van der Waals surface area contributed by atoms with E-state index in [2.05, 4.69) is 0 Å². The summed E-state index contributed by atoms with van der Waals surface area (Å²) in [6.45, 7) is 1.90. The highest BCUT2D eigenvalue weighted by Gasteiger charge is 2.30. The maximum Gasteiger partial charge on any atom is 0.416 e. The number of thioether (sulfide) groups is 1. The van der Waals surface area contributed by atoms with E-state index in [-0.39, 0.29) is 11.3 Å². The van der Waals surface area contributed by atoms with Gasteiger partial charge in [0.2, 0.25) is 0 Å². The molecule has 0 saturated heterocycles. The first-order valence-corrected chi connectivity index (χ1v) is 7.73. The van der Waals surface area contributed by atoms with Crippen LogP contribution >= 0.6 is 23.1 Å². The monoisotopic (exact) mass is 316 g/mol. The number of hydrogen-bond donors (Lipinski definition) is 0. The molecular formula is C14H11F3OS2. The highest BCUT2D eigenvalue weighted by molar-refractivity contribution is 8.00. The van der Waals surface area contributed by atoms with Gasteiger partial charge >= 0.3 is 6.18 Å². The van der Waals surface area contributed by atoms with Crippen molar-refractivity contribution >= 4 is 28.9 Å². The summed E-state index contributed by atoms with van der Waals surface area (Å²) in [6.07, 6.45) is -2.51. The molecule has 0 N–H and O–H groups in total. The minimum atomic E-state index is -4.38. The van der Waals surface area contributed by atoms with Crippen LogP contribution in [0.25, 0.3) is 0 Å². The van der Waals surface area contributed by atoms with Gasteiger partial charge in [0.1, 0.15) is 0 Å². The molecule has 1 aromatic carbocycles. The van der Waals surface area contributed by atoms with Crippen LogP contribution in [0.4, 0.5) is 13.2 Å². The number of carbonyl (C=O) groups excluding carboxylic acids is 1. The third-order valence-electron chi connectivity index (χ3n) is 2.73. The second kappa shape index (κ2) is 5.61. The molecule has 0 fully saturated rings. The normalized spacial score (nSPS) is 11.7. The van der Waals surface area contributed by atoms with Gasteiger partial charge in [0, 0.05) is 16.0 Å². The van der Waals surface area contributed by atoms with Gasteiger partial charge in [-0.3, -0.25) is 4.79 Å². The van der Waals surface area contributed by atoms with Crippen molar-refractivity contribution in [2.75, 3.05) is 6.26 Å². The van der Waals surface area contributed by atoms with E-state index in [0.717, 1.165) is 21.2 Å². The fraction of sp³-hybridized carbons (Fsp3) is 0.214. The lowest BCUT2D eigenvalue weighted by atomic mass is 10.0. The highest BCUT2D eigenvalue weighted by atomic mass is 32.2. The molecule has 106 valence electrons. The number of hydrogen-bond acceptors (Lipinski definition) is 3. The smallest absolute Gasteiger partial charge is 0.289 e. The van der Waals surface area contributed by atoms with E-state index < -0.39 is 11.7 Å². The summed E-state index contributed by atoms with van der Waals surface area (Å²) in [6, 6.07) is 6.09. The number of carbonyl (C=O) groups is 1. The molecule has 0 unspecified atom stereocenters. The summed E-state index contributed by atoms with van der Waals surface area (Å²) >= 11 is 2.97. The lowest BCUT2D eigenvalue weighted by molar-refractivity contribution is -0.137. The van der Waals surface area contributed by atoms with Gasteiger partial charge < -0.3 is 0 Å². The standard InChI is InChI=1S/C14H11F3OS2/c1-8-7-11(13(19-2)20-8)12(18)9-3-5-10(6-4-9)14(15,16)17/h3-7H,1-2H3. The molecular weight excluding hydrogens is 305 g/mol. The minimum absolute atomic E-state index is 0.243.